The van der Waals surface area contributed by atoms with Gasteiger partial charge in [-0.3, -0.25) is 4.79 Å². The average Bonchev–Trinajstić information content (AvgIpc) is 3.06. The van der Waals surface area contributed by atoms with E-state index in [9.17, 15) is 9.00 Å². The number of carbonyl (C=O) groups excluding carboxylic acids is 1. The van der Waals surface area contributed by atoms with Crippen molar-refractivity contribution in [1.29, 1.82) is 0 Å². The molecule has 9 heteroatoms. The Labute approximate surface area is 248 Å². The smallest absolute Gasteiger partial charge is 0.286 e. The van der Waals surface area contributed by atoms with E-state index in [1.807, 2.05) is 25.1 Å². The van der Waals surface area contributed by atoms with Crippen LogP contribution in [0.3, 0.4) is 0 Å². The van der Waals surface area contributed by atoms with Crippen LogP contribution in [0.5, 0.6) is 5.75 Å². The molecule has 2 N–H and O–H groups in total. The molecule has 1 saturated carbocycles. The van der Waals surface area contributed by atoms with E-state index in [1.54, 1.807) is 13.2 Å². The lowest BCUT2D eigenvalue weighted by molar-refractivity contribution is 0.0131. The van der Waals surface area contributed by atoms with Gasteiger partial charge in [0.1, 0.15) is 15.7 Å². The van der Waals surface area contributed by atoms with Crippen LogP contribution in [-0.4, -0.2) is 48.8 Å². The number of fused-ring (bicyclic) bond motifs is 4. The van der Waals surface area contributed by atoms with Crippen molar-refractivity contribution in [2.24, 2.45) is 27.3 Å². The van der Waals surface area contributed by atoms with Gasteiger partial charge < -0.3 is 14.4 Å². The van der Waals surface area contributed by atoms with Crippen LogP contribution in [0.25, 0.3) is 0 Å². The fourth-order valence-corrected chi connectivity index (χ4v) is 8.94. The molecule has 1 fully saturated rings. The summed E-state index contributed by atoms with van der Waals surface area (Å²) in [6.07, 6.45) is 10.3. The molecule has 2 bridgehead atoms. The first-order valence-corrected chi connectivity index (χ1v) is 16.9. The lowest BCUT2D eigenvalue weighted by atomic mass is 9.68. The van der Waals surface area contributed by atoms with Gasteiger partial charge in [-0.2, -0.15) is 0 Å². The molecule has 6 rings (SSSR count). The Hall–Kier alpha value is -2.39. The first-order valence-electron chi connectivity index (χ1n) is 14.7. The maximum Gasteiger partial charge on any atom is 0.286 e. The van der Waals surface area contributed by atoms with E-state index in [0.717, 1.165) is 61.7 Å². The molecule has 2 aliphatic carbocycles. The molecular weight excluding hydrogens is 558 g/mol. The SMILES string of the molecule is CO[C@H]1/C=C\C[C@H](C)CS(N)(=O)=NC(=O)c2ccc3c(c2)N(C[C@@H]2CC[C@H]21)C[C@@]1(CCCc2cc(Cl)ccc21)CO3. The fraction of sp³-hybridized carbons (Fsp3) is 0.531. The van der Waals surface area contributed by atoms with E-state index in [4.69, 9.17) is 26.2 Å². The van der Waals surface area contributed by atoms with Gasteiger partial charge in [0.25, 0.3) is 5.91 Å². The predicted molar refractivity (Wildman–Crippen MR) is 164 cm³/mol. The molecule has 1 spiro atoms. The predicted octanol–water partition coefficient (Wildman–Crippen LogP) is 5.93. The monoisotopic (exact) mass is 597 g/mol. The summed E-state index contributed by atoms with van der Waals surface area (Å²) in [5, 5.41) is 6.85. The maximum atomic E-state index is 13.3. The number of ether oxygens (including phenoxy) is 2. The molecule has 1 unspecified atom stereocenters. The number of benzene rings is 2. The highest BCUT2D eigenvalue weighted by Gasteiger charge is 2.44. The number of allylic oxidation sites excluding steroid dienone is 1. The van der Waals surface area contributed by atoms with E-state index < -0.39 is 15.8 Å². The molecule has 2 aliphatic heterocycles. The van der Waals surface area contributed by atoms with Gasteiger partial charge >= 0.3 is 0 Å². The first kappa shape index (κ1) is 28.7. The zero-order valence-corrected chi connectivity index (χ0v) is 25.5. The maximum absolute atomic E-state index is 13.3. The number of anilines is 1. The molecule has 7 nitrogen and oxygen atoms in total. The number of methoxy groups -OCH3 is 1. The highest BCUT2D eigenvalue weighted by Crippen LogP contribution is 2.47. The summed E-state index contributed by atoms with van der Waals surface area (Å²) < 4.78 is 29.7. The summed E-state index contributed by atoms with van der Waals surface area (Å²) in [6, 6.07) is 11.7. The number of halogens is 1. The van der Waals surface area contributed by atoms with Gasteiger partial charge in [0.05, 0.1) is 18.4 Å². The van der Waals surface area contributed by atoms with Gasteiger partial charge in [-0.1, -0.05) is 36.7 Å². The second-order valence-corrected chi connectivity index (χ2v) is 14.8. The molecule has 41 heavy (non-hydrogen) atoms. The van der Waals surface area contributed by atoms with Crippen LogP contribution in [-0.2, 0) is 26.5 Å². The molecular formula is C32H40ClN3O4S. The Bertz CT molecular complexity index is 1490. The van der Waals surface area contributed by atoms with Crippen LogP contribution >= 0.6 is 11.6 Å². The Morgan fingerprint density at radius 3 is 2.85 bits per heavy atom. The summed E-state index contributed by atoms with van der Waals surface area (Å²) in [5.41, 5.74) is 3.65. The van der Waals surface area contributed by atoms with Crippen molar-refractivity contribution in [1.82, 2.24) is 0 Å². The standard InChI is InChI=1S/C32H40ClN3O4S/c1-21-5-3-7-29(39-2)26-11-8-24(26)17-36-19-32(14-4-6-22-15-25(33)10-12-27(22)32)20-40-30-13-9-23(16-28(30)36)31(37)35-41(34,38)18-21/h3,7,9-10,12-13,15-16,21,24,26,29H,4-6,8,11,14,17-20H2,1-2H3,(H2,34,35,37,38)/b7-3-/t21-,24-,26+,29-,32-,41?/m0/s1. The molecule has 2 heterocycles. The van der Waals surface area contributed by atoms with Crippen molar-refractivity contribution in [3.8, 4) is 5.75 Å². The number of aryl methyl sites for hydroxylation is 1. The Morgan fingerprint density at radius 2 is 2.07 bits per heavy atom. The average molecular weight is 598 g/mol. The molecule has 1 amide bonds. The van der Waals surface area contributed by atoms with Crippen LogP contribution in [0.2, 0.25) is 5.02 Å². The van der Waals surface area contributed by atoms with Crippen LogP contribution in [0.4, 0.5) is 5.69 Å². The molecule has 0 saturated heterocycles. The third-order valence-corrected chi connectivity index (χ3v) is 11.3. The van der Waals surface area contributed by atoms with Crippen molar-refractivity contribution in [2.45, 2.75) is 57.0 Å². The van der Waals surface area contributed by atoms with E-state index in [0.29, 0.717) is 30.4 Å². The van der Waals surface area contributed by atoms with Gasteiger partial charge in [0, 0.05) is 42.0 Å². The number of nitrogens with zero attached hydrogens (tertiary/aromatic N) is 2. The van der Waals surface area contributed by atoms with Crippen molar-refractivity contribution < 1.29 is 18.5 Å². The van der Waals surface area contributed by atoms with Crippen molar-refractivity contribution in [2.75, 3.05) is 37.5 Å². The van der Waals surface area contributed by atoms with E-state index in [-0.39, 0.29) is 23.2 Å². The van der Waals surface area contributed by atoms with E-state index in [2.05, 4.69) is 33.5 Å². The highest BCUT2D eigenvalue weighted by atomic mass is 35.5. The van der Waals surface area contributed by atoms with E-state index >= 15 is 0 Å². The molecule has 4 aliphatic rings. The number of hydrogen-bond acceptors (Lipinski definition) is 5. The van der Waals surface area contributed by atoms with Gasteiger partial charge in [-0.05, 0) is 97.7 Å². The number of amides is 1. The van der Waals surface area contributed by atoms with Crippen molar-refractivity contribution >= 4 is 33.1 Å². The van der Waals surface area contributed by atoms with Crippen LogP contribution in [0, 0.1) is 17.8 Å². The third kappa shape index (κ3) is 5.81. The van der Waals surface area contributed by atoms with Crippen molar-refractivity contribution in [3.05, 3.63) is 70.3 Å². The van der Waals surface area contributed by atoms with Crippen LogP contribution in [0.1, 0.15) is 60.5 Å². The molecule has 2 aromatic carbocycles. The fourth-order valence-electron chi connectivity index (χ4n) is 7.33. The number of carbonyl (C=O) groups is 1. The summed E-state index contributed by atoms with van der Waals surface area (Å²) in [4.78, 5) is 15.7. The van der Waals surface area contributed by atoms with E-state index in [1.165, 1.54) is 11.1 Å². The van der Waals surface area contributed by atoms with Crippen molar-refractivity contribution in [3.63, 3.8) is 0 Å². The quantitative estimate of drug-likeness (QED) is 0.411. The molecule has 220 valence electrons. The zero-order chi connectivity index (χ0) is 28.8. The minimum absolute atomic E-state index is 0.0166. The van der Waals surface area contributed by atoms with Gasteiger partial charge in [0.2, 0.25) is 0 Å². The number of rotatable bonds is 1. The number of nitrogens with two attached hydrogens (primary N) is 1. The summed E-state index contributed by atoms with van der Waals surface area (Å²) in [7, 11) is -1.40. The Morgan fingerprint density at radius 1 is 1.22 bits per heavy atom. The Balaban J connectivity index is 1.44. The Kier molecular flexibility index (Phi) is 7.96. The second-order valence-electron chi connectivity index (χ2n) is 12.5. The molecule has 0 radical (unpaired) electrons. The zero-order valence-electron chi connectivity index (χ0n) is 23.9. The summed E-state index contributed by atoms with van der Waals surface area (Å²) in [6.45, 7) is 4.14. The van der Waals surface area contributed by atoms with Crippen LogP contribution < -0.4 is 14.8 Å². The topological polar surface area (TPSA) is 94.2 Å². The van der Waals surface area contributed by atoms with Crippen LogP contribution in [0.15, 0.2) is 52.9 Å². The second kappa shape index (κ2) is 11.4. The lowest BCUT2D eigenvalue weighted by Crippen LogP contribution is -2.49. The molecule has 2 aromatic rings. The highest BCUT2D eigenvalue weighted by molar-refractivity contribution is 7.91. The minimum atomic E-state index is -3.18. The number of hydrogen-bond donors (Lipinski definition) is 1. The molecule has 0 aromatic heterocycles. The summed E-state index contributed by atoms with van der Waals surface area (Å²) in [5.74, 6) is 1.22. The summed E-state index contributed by atoms with van der Waals surface area (Å²) >= 11 is 6.40. The minimum Gasteiger partial charge on any atom is -0.490 e. The largest absolute Gasteiger partial charge is 0.490 e. The third-order valence-electron chi connectivity index (χ3n) is 9.53. The van der Waals surface area contributed by atoms with Gasteiger partial charge in [0.15, 0.2) is 0 Å². The van der Waals surface area contributed by atoms with Gasteiger partial charge in [-0.25, -0.2) is 9.35 Å². The lowest BCUT2D eigenvalue weighted by Gasteiger charge is -2.46. The van der Waals surface area contributed by atoms with Gasteiger partial charge in [-0.15, -0.1) is 4.36 Å². The molecule has 6 atom stereocenters. The normalized spacial score (nSPS) is 34.3. The first-order chi connectivity index (χ1) is 19.7.